The standard InChI is InChI=1S/C9H9ClN2O/c1-7-11-6-8(5-10)12(7)9-3-2-4-13-9/h2-4,6H,5H2,1H3. The summed E-state index contributed by atoms with van der Waals surface area (Å²) in [5, 5.41) is 0. The number of furan rings is 1. The lowest BCUT2D eigenvalue weighted by Crippen LogP contribution is -1.98. The van der Waals surface area contributed by atoms with Crippen LogP contribution in [0.2, 0.25) is 0 Å². The lowest BCUT2D eigenvalue weighted by molar-refractivity contribution is 0.531. The molecule has 0 bridgehead atoms. The highest BCUT2D eigenvalue weighted by atomic mass is 35.5. The molecule has 0 amide bonds. The van der Waals surface area contributed by atoms with Gasteiger partial charge in [0.05, 0.1) is 24.0 Å². The Balaban J connectivity index is 2.55. The van der Waals surface area contributed by atoms with Crippen LogP contribution in [-0.2, 0) is 5.88 Å². The molecule has 2 heterocycles. The number of hydrogen-bond donors (Lipinski definition) is 0. The van der Waals surface area contributed by atoms with Crippen LogP contribution in [0.4, 0.5) is 0 Å². The van der Waals surface area contributed by atoms with Gasteiger partial charge in [0, 0.05) is 6.07 Å². The van der Waals surface area contributed by atoms with Gasteiger partial charge in [-0.2, -0.15) is 0 Å². The summed E-state index contributed by atoms with van der Waals surface area (Å²) < 4.78 is 7.16. The Labute approximate surface area is 81.0 Å². The summed E-state index contributed by atoms with van der Waals surface area (Å²) in [6.45, 7) is 1.92. The van der Waals surface area contributed by atoms with Crippen molar-refractivity contribution in [1.29, 1.82) is 0 Å². The molecule has 0 aliphatic heterocycles. The molecule has 0 saturated heterocycles. The predicted molar refractivity (Wildman–Crippen MR) is 50.1 cm³/mol. The van der Waals surface area contributed by atoms with Crippen molar-refractivity contribution in [2.75, 3.05) is 0 Å². The van der Waals surface area contributed by atoms with E-state index in [0.29, 0.717) is 5.88 Å². The summed E-state index contributed by atoms with van der Waals surface area (Å²) in [4.78, 5) is 4.16. The molecule has 0 radical (unpaired) electrons. The number of alkyl halides is 1. The smallest absolute Gasteiger partial charge is 0.204 e. The normalized spacial score (nSPS) is 10.6. The van der Waals surface area contributed by atoms with E-state index >= 15 is 0 Å². The maximum atomic E-state index is 5.76. The summed E-state index contributed by atoms with van der Waals surface area (Å²) in [6.07, 6.45) is 3.39. The monoisotopic (exact) mass is 196 g/mol. The molecular formula is C9H9ClN2O. The van der Waals surface area contributed by atoms with Crippen LogP contribution in [0.5, 0.6) is 0 Å². The molecule has 0 spiro atoms. The molecule has 2 aromatic rings. The van der Waals surface area contributed by atoms with E-state index in [2.05, 4.69) is 4.98 Å². The Morgan fingerprint density at radius 1 is 1.62 bits per heavy atom. The first-order valence-electron chi connectivity index (χ1n) is 3.96. The zero-order valence-electron chi connectivity index (χ0n) is 7.20. The van der Waals surface area contributed by atoms with Crippen LogP contribution >= 0.6 is 11.6 Å². The van der Waals surface area contributed by atoms with Crippen molar-refractivity contribution in [2.24, 2.45) is 0 Å². The quantitative estimate of drug-likeness (QED) is 0.691. The Kier molecular flexibility index (Phi) is 2.10. The van der Waals surface area contributed by atoms with Gasteiger partial charge in [0.15, 0.2) is 0 Å². The van der Waals surface area contributed by atoms with Crippen molar-refractivity contribution in [3.63, 3.8) is 0 Å². The van der Waals surface area contributed by atoms with Gasteiger partial charge < -0.3 is 4.42 Å². The Morgan fingerprint density at radius 3 is 3.08 bits per heavy atom. The molecule has 0 aromatic carbocycles. The Morgan fingerprint density at radius 2 is 2.46 bits per heavy atom. The van der Waals surface area contributed by atoms with Crippen LogP contribution in [-0.4, -0.2) is 9.55 Å². The van der Waals surface area contributed by atoms with Crippen LogP contribution in [0.3, 0.4) is 0 Å². The molecule has 0 saturated carbocycles. The van der Waals surface area contributed by atoms with Crippen molar-refractivity contribution >= 4 is 11.6 Å². The van der Waals surface area contributed by atoms with Crippen molar-refractivity contribution < 1.29 is 4.42 Å². The summed E-state index contributed by atoms with van der Waals surface area (Å²) >= 11 is 5.76. The van der Waals surface area contributed by atoms with Gasteiger partial charge in [-0.25, -0.2) is 4.98 Å². The first-order chi connectivity index (χ1) is 6.33. The summed E-state index contributed by atoms with van der Waals surface area (Å²) in [5.41, 5.74) is 0.939. The van der Waals surface area contributed by atoms with Gasteiger partial charge in [-0.05, 0) is 13.0 Å². The third kappa shape index (κ3) is 1.35. The second kappa shape index (κ2) is 3.26. The van der Waals surface area contributed by atoms with Crippen LogP contribution in [0.25, 0.3) is 5.88 Å². The van der Waals surface area contributed by atoms with Gasteiger partial charge >= 0.3 is 0 Å². The average molecular weight is 197 g/mol. The van der Waals surface area contributed by atoms with E-state index in [1.165, 1.54) is 0 Å². The number of aryl methyl sites for hydroxylation is 1. The number of hydrogen-bond acceptors (Lipinski definition) is 2. The van der Waals surface area contributed by atoms with Gasteiger partial charge in [-0.15, -0.1) is 11.6 Å². The minimum absolute atomic E-state index is 0.432. The summed E-state index contributed by atoms with van der Waals surface area (Å²) in [5.74, 6) is 2.07. The molecule has 2 rings (SSSR count). The number of nitrogens with zero attached hydrogens (tertiary/aromatic N) is 2. The lowest BCUT2D eigenvalue weighted by atomic mass is 10.5. The van der Waals surface area contributed by atoms with E-state index in [4.69, 9.17) is 16.0 Å². The van der Waals surface area contributed by atoms with Crippen LogP contribution in [0.15, 0.2) is 29.0 Å². The highest BCUT2D eigenvalue weighted by Gasteiger charge is 2.08. The first-order valence-corrected chi connectivity index (χ1v) is 4.49. The second-order valence-corrected chi connectivity index (χ2v) is 2.98. The van der Waals surface area contributed by atoms with Gasteiger partial charge in [0.2, 0.25) is 5.88 Å². The highest BCUT2D eigenvalue weighted by molar-refractivity contribution is 6.16. The molecule has 0 aliphatic carbocycles. The maximum absolute atomic E-state index is 5.76. The third-order valence-corrected chi connectivity index (χ3v) is 2.15. The molecule has 0 atom stereocenters. The molecule has 68 valence electrons. The van der Waals surface area contributed by atoms with E-state index in [1.807, 2.05) is 23.6 Å². The van der Waals surface area contributed by atoms with E-state index in [9.17, 15) is 0 Å². The van der Waals surface area contributed by atoms with Gasteiger partial charge in [0.25, 0.3) is 0 Å². The molecule has 0 fully saturated rings. The van der Waals surface area contributed by atoms with Crippen molar-refractivity contribution in [2.45, 2.75) is 12.8 Å². The number of imidazole rings is 1. The van der Waals surface area contributed by atoms with Crippen LogP contribution in [0.1, 0.15) is 11.5 Å². The van der Waals surface area contributed by atoms with Crippen LogP contribution < -0.4 is 0 Å². The second-order valence-electron chi connectivity index (χ2n) is 2.72. The molecule has 4 heteroatoms. The average Bonchev–Trinajstić information content (AvgIpc) is 2.72. The van der Waals surface area contributed by atoms with E-state index in [-0.39, 0.29) is 0 Å². The van der Waals surface area contributed by atoms with E-state index < -0.39 is 0 Å². The van der Waals surface area contributed by atoms with Crippen molar-refractivity contribution in [3.8, 4) is 5.88 Å². The Hall–Kier alpha value is -1.22. The number of halogens is 1. The number of aromatic nitrogens is 2. The first kappa shape index (κ1) is 8.38. The topological polar surface area (TPSA) is 31.0 Å². The third-order valence-electron chi connectivity index (χ3n) is 1.87. The fourth-order valence-corrected chi connectivity index (χ4v) is 1.47. The van der Waals surface area contributed by atoms with Gasteiger partial charge in [0.1, 0.15) is 5.82 Å². The Bertz CT molecular complexity index is 392. The minimum atomic E-state index is 0.432. The highest BCUT2D eigenvalue weighted by Crippen LogP contribution is 2.16. The van der Waals surface area contributed by atoms with Gasteiger partial charge in [-0.3, -0.25) is 4.57 Å². The fourth-order valence-electron chi connectivity index (χ4n) is 1.28. The molecule has 0 aliphatic rings. The minimum Gasteiger partial charge on any atom is -0.448 e. The molecule has 13 heavy (non-hydrogen) atoms. The van der Waals surface area contributed by atoms with Gasteiger partial charge in [-0.1, -0.05) is 0 Å². The molecule has 2 aromatic heterocycles. The van der Waals surface area contributed by atoms with Crippen molar-refractivity contribution in [3.05, 3.63) is 36.1 Å². The number of rotatable bonds is 2. The zero-order chi connectivity index (χ0) is 9.26. The molecule has 0 unspecified atom stereocenters. The predicted octanol–water partition coefficient (Wildman–Crippen LogP) is 2.51. The SMILES string of the molecule is Cc1ncc(CCl)n1-c1ccco1. The van der Waals surface area contributed by atoms with E-state index in [0.717, 1.165) is 17.4 Å². The van der Waals surface area contributed by atoms with Crippen LogP contribution in [0, 0.1) is 6.92 Å². The fraction of sp³-hybridized carbons (Fsp3) is 0.222. The maximum Gasteiger partial charge on any atom is 0.204 e. The summed E-state index contributed by atoms with van der Waals surface area (Å²) in [7, 11) is 0. The lowest BCUT2D eigenvalue weighted by Gasteiger charge is -2.03. The molecule has 3 nitrogen and oxygen atoms in total. The van der Waals surface area contributed by atoms with E-state index in [1.54, 1.807) is 12.5 Å². The molecular weight excluding hydrogens is 188 g/mol. The largest absolute Gasteiger partial charge is 0.448 e. The zero-order valence-corrected chi connectivity index (χ0v) is 7.95. The summed E-state index contributed by atoms with van der Waals surface area (Å²) in [6, 6.07) is 3.72. The van der Waals surface area contributed by atoms with Crippen molar-refractivity contribution in [1.82, 2.24) is 9.55 Å². The molecule has 0 N–H and O–H groups in total.